The fraction of sp³-hybridized carbons (Fsp3) is 0.0625. The molecule has 0 spiro atoms. The molecular weight excluding hydrogens is 206 g/mol. The molecule has 0 aromatic heterocycles. The lowest BCUT2D eigenvalue weighted by Gasteiger charge is -2.06. The van der Waals surface area contributed by atoms with Crippen LogP contribution in [0.4, 0.5) is 0 Å². The predicted molar refractivity (Wildman–Crippen MR) is 72.8 cm³/mol. The highest BCUT2D eigenvalue weighted by molar-refractivity contribution is 6.03. The van der Waals surface area contributed by atoms with Gasteiger partial charge in [-0.15, -0.1) is 0 Å². The minimum Gasteiger partial charge on any atom is -0.288 e. The van der Waals surface area contributed by atoms with Crippen molar-refractivity contribution in [3.05, 3.63) is 59.7 Å². The van der Waals surface area contributed by atoms with E-state index < -0.39 is 0 Å². The van der Waals surface area contributed by atoms with Crippen LogP contribution in [-0.4, -0.2) is 6.21 Å². The number of fused-ring (bicyclic) bond motifs is 4. The zero-order chi connectivity index (χ0) is 11.2. The third kappa shape index (κ3) is 1.22. The van der Waals surface area contributed by atoms with Gasteiger partial charge in [-0.2, -0.15) is 0 Å². The monoisotopic (exact) mass is 217 g/mol. The minimum absolute atomic E-state index is 0.824. The van der Waals surface area contributed by atoms with E-state index in [1.807, 2.05) is 6.21 Å². The number of benzene rings is 3. The number of aliphatic imine (C=N–C) groups is 1. The summed E-state index contributed by atoms with van der Waals surface area (Å²) in [6.07, 6.45) is 1.98. The second-order valence-electron chi connectivity index (χ2n) is 4.52. The van der Waals surface area contributed by atoms with Gasteiger partial charge in [0.15, 0.2) is 0 Å². The highest BCUT2D eigenvalue weighted by atomic mass is 14.7. The Balaban J connectivity index is 2.18. The summed E-state index contributed by atoms with van der Waals surface area (Å²) >= 11 is 0. The lowest BCUT2D eigenvalue weighted by Crippen LogP contribution is -1.87. The van der Waals surface area contributed by atoms with E-state index in [4.69, 9.17) is 0 Å². The molecular formula is C16H11N. The van der Waals surface area contributed by atoms with Crippen LogP contribution in [0.2, 0.25) is 0 Å². The maximum atomic E-state index is 4.36. The van der Waals surface area contributed by atoms with E-state index in [2.05, 4.69) is 53.5 Å². The second-order valence-corrected chi connectivity index (χ2v) is 4.52. The molecule has 1 heterocycles. The molecule has 1 heteroatoms. The summed E-state index contributed by atoms with van der Waals surface area (Å²) in [5.41, 5.74) is 2.64. The molecule has 17 heavy (non-hydrogen) atoms. The normalized spacial score (nSPS) is 13.4. The minimum atomic E-state index is 0.824. The predicted octanol–water partition coefficient (Wildman–Crippen LogP) is 3.93. The van der Waals surface area contributed by atoms with Crippen LogP contribution < -0.4 is 0 Å². The average Bonchev–Trinajstić information content (AvgIpc) is 2.85. The third-order valence-corrected chi connectivity index (χ3v) is 3.51. The average molecular weight is 217 g/mol. The van der Waals surface area contributed by atoms with E-state index >= 15 is 0 Å². The van der Waals surface area contributed by atoms with E-state index in [1.165, 1.54) is 32.7 Å². The summed E-state index contributed by atoms with van der Waals surface area (Å²) in [6, 6.07) is 17.4. The number of rotatable bonds is 0. The fourth-order valence-electron chi connectivity index (χ4n) is 2.63. The van der Waals surface area contributed by atoms with Gasteiger partial charge in [0.05, 0.1) is 6.54 Å². The molecule has 0 fully saturated rings. The Hall–Kier alpha value is -2.15. The van der Waals surface area contributed by atoms with E-state index in [1.54, 1.807) is 0 Å². The molecule has 0 saturated carbocycles. The molecule has 0 aliphatic carbocycles. The first kappa shape index (κ1) is 8.94. The molecule has 0 atom stereocenters. The molecule has 3 aromatic rings. The lowest BCUT2D eigenvalue weighted by atomic mass is 9.97. The summed E-state index contributed by atoms with van der Waals surface area (Å²) < 4.78 is 0. The Labute approximate surface area is 99.4 Å². The van der Waals surface area contributed by atoms with Crippen molar-refractivity contribution in [1.82, 2.24) is 0 Å². The first-order valence-corrected chi connectivity index (χ1v) is 5.86. The highest BCUT2D eigenvalue weighted by Crippen LogP contribution is 2.29. The van der Waals surface area contributed by atoms with Crippen molar-refractivity contribution < 1.29 is 0 Å². The molecule has 0 bridgehead atoms. The van der Waals surface area contributed by atoms with Crippen molar-refractivity contribution in [1.29, 1.82) is 0 Å². The van der Waals surface area contributed by atoms with Crippen LogP contribution in [0.1, 0.15) is 11.1 Å². The standard InChI is InChI=1S/C16H11N/c1-2-4-12-8-15-13(7-11(12)3-1)5-6-14-9-17-10-16(14)15/h1-9H,10H2. The summed E-state index contributed by atoms with van der Waals surface area (Å²) in [5, 5.41) is 5.27. The first-order valence-electron chi connectivity index (χ1n) is 5.86. The largest absolute Gasteiger partial charge is 0.288 e. The van der Waals surface area contributed by atoms with Gasteiger partial charge in [-0.1, -0.05) is 36.4 Å². The Morgan fingerprint density at radius 2 is 1.65 bits per heavy atom. The summed E-state index contributed by atoms with van der Waals surface area (Å²) in [5.74, 6) is 0. The van der Waals surface area contributed by atoms with Gasteiger partial charge in [-0.25, -0.2) is 0 Å². The summed E-state index contributed by atoms with van der Waals surface area (Å²) in [7, 11) is 0. The van der Waals surface area contributed by atoms with Gasteiger partial charge >= 0.3 is 0 Å². The number of hydrogen-bond acceptors (Lipinski definition) is 1. The first-order chi connectivity index (χ1) is 8.42. The fourth-order valence-corrected chi connectivity index (χ4v) is 2.63. The Kier molecular flexibility index (Phi) is 1.67. The Morgan fingerprint density at radius 1 is 0.824 bits per heavy atom. The highest BCUT2D eigenvalue weighted by Gasteiger charge is 2.10. The molecule has 0 radical (unpaired) electrons. The number of nitrogens with zero attached hydrogens (tertiary/aromatic N) is 1. The van der Waals surface area contributed by atoms with E-state index in [9.17, 15) is 0 Å². The molecule has 80 valence electrons. The van der Waals surface area contributed by atoms with Crippen LogP contribution in [0.25, 0.3) is 21.5 Å². The van der Waals surface area contributed by atoms with Crippen molar-refractivity contribution in [2.75, 3.05) is 0 Å². The van der Waals surface area contributed by atoms with Crippen molar-refractivity contribution in [3.63, 3.8) is 0 Å². The van der Waals surface area contributed by atoms with Crippen LogP contribution >= 0.6 is 0 Å². The van der Waals surface area contributed by atoms with Crippen molar-refractivity contribution in [2.24, 2.45) is 4.99 Å². The van der Waals surface area contributed by atoms with Crippen LogP contribution in [0.5, 0.6) is 0 Å². The van der Waals surface area contributed by atoms with Crippen LogP contribution in [-0.2, 0) is 6.54 Å². The van der Waals surface area contributed by atoms with Crippen LogP contribution in [0.15, 0.2) is 53.5 Å². The molecule has 1 aliphatic rings. The quantitative estimate of drug-likeness (QED) is 0.506. The van der Waals surface area contributed by atoms with Gasteiger partial charge in [-0.05, 0) is 44.8 Å². The van der Waals surface area contributed by atoms with Crippen LogP contribution in [0, 0.1) is 0 Å². The van der Waals surface area contributed by atoms with E-state index in [0.717, 1.165) is 6.54 Å². The van der Waals surface area contributed by atoms with Crippen molar-refractivity contribution in [3.8, 4) is 0 Å². The van der Waals surface area contributed by atoms with Crippen molar-refractivity contribution >= 4 is 27.8 Å². The molecule has 4 rings (SSSR count). The smallest absolute Gasteiger partial charge is 0.0652 e. The maximum Gasteiger partial charge on any atom is 0.0652 e. The lowest BCUT2D eigenvalue weighted by molar-refractivity contribution is 1.13. The van der Waals surface area contributed by atoms with E-state index in [-0.39, 0.29) is 0 Å². The maximum absolute atomic E-state index is 4.36. The SMILES string of the molecule is C1=NCc2c1ccc1cc3ccccc3cc21. The molecule has 0 amide bonds. The summed E-state index contributed by atoms with van der Waals surface area (Å²) in [4.78, 5) is 4.36. The van der Waals surface area contributed by atoms with Crippen molar-refractivity contribution in [2.45, 2.75) is 6.54 Å². The zero-order valence-corrected chi connectivity index (χ0v) is 9.35. The second kappa shape index (κ2) is 3.17. The van der Waals surface area contributed by atoms with Gasteiger partial charge in [0.1, 0.15) is 0 Å². The van der Waals surface area contributed by atoms with Gasteiger partial charge in [-0.3, -0.25) is 4.99 Å². The molecule has 0 N–H and O–H groups in total. The number of hydrogen-bond donors (Lipinski definition) is 0. The Morgan fingerprint density at radius 3 is 2.53 bits per heavy atom. The van der Waals surface area contributed by atoms with Gasteiger partial charge in [0.25, 0.3) is 0 Å². The van der Waals surface area contributed by atoms with E-state index in [0.29, 0.717) is 0 Å². The Bertz CT molecular complexity index is 769. The molecule has 1 nitrogen and oxygen atoms in total. The van der Waals surface area contributed by atoms with Gasteiger partial charge in [0.2, 0.25) is 0 Å². The van der Waals surface area contributed by atoms with Gasteiger partial charge in [0, 0.05) is 6.21 Å². The molecule has 0 unspecified atom stereocenters. The molecule has 3 aromatic carbocycles. The van der Waals surface area contributed by atoms with Crippen LogP contribution in [0.3, 0.4) is 0 Å². The topological polar surface area (TPSA) is 12.4 Å². The molecule has 1 aliphatic heterocycles. The molecule has 0 saturated heterocycles. The third-order valence-electron chi connectivity index (χ3n) is 3.51. The van der Waals surface area contributed by atoms with Gasteiger partial charge < -0.3 is 0 Å². The zero-order valence-electron chi connectivity index (χ0n) is 9.35. The summed E-state index contributed by atoms with van der Waals surface area (Å²) in [6.45, 7) is 0.824.